The van der Waals surface area contributed by atoms with E-state index in [4.69, 9.17) is 14.6 Å². The molecule has 0 saturated heterocycles. The first-order valence-electron chi connectivity index (χ1n) is 5.26. The predicted molar refractivity (Wildman–Crippen MR) is 62.9 cm³/mol. The molecule has 16 heavy (non-hydrogen) atoms. The molecule has 0 aromatic heterocycles. The van der Waals surface area contributed by atoms with Gasteiger partial charge in [-0.1, -0.05) is 6.07 Å². The van der Waals surface area contributed by atoms with Crippen molar-refractivity contribution in [2.45, 2.75) is 19.5 Å². The third-order valence-electron chi connectivity index (χ3n) is 2.41. The lowest BCUT2D eigenvalue weighted by molar-refractivity contribution is 0.250. The van der Waals surface area contributed by atoms with Crippen LogP contribution in [-0.4, -0.2) is 32.0 Å². The van der Waals surface area contributed by atoms with E-state index in [1.807, 2.05) is 25.1 Å². The molecular formula is C12H19NO3. The van der Waals surface area contributed by atoms with Gasteiger partial charge >= 0.3 is 0 Å². The topological polar surface area (TPSA) is 50.7 Å². The van der Waals surface area contributed by atoms with Gasteiger partial charge in [0.2, 0.25) is 0 Å². The quantitative estimate of drug-likeness (QED) is 0.763. The van der Waals surface area contributed by atoms with Gasteiger partial charge in [-0.25, -0.2) is 0 Å². The molecule has 1 aromatic rings. The fourth-order valence-electron chi connectivity index (χ4n) is 1.35. The van der Waals surface area contributed by atoms with E-state index in [-0.39, 0.29) is 12.6 Å². The molecular weight excluding hydrogens is 206 g/mol. The number of aliphatic hydroxyl groups is 1. The minimum absolute atomic E-state index is 0.0757. The van der Waals surface area contributed by atoms with Crippen LogP contribution < -0.4 is 14.8 Å². The Morgan fingerprint density at radius 1 is 1.31 bits per heavy atom. The molecule has 0 aliphatic carbocycles. The normalized spacial score (nSPS) is 12.2. The Kier molecular flexibility index (Phi) is 5.08. The molecule has 1 aromatic carbocycles. The van der Waals surface area contributed by atoms with Crippen LogP contribution in [0.2, 0.25) is 0 Å². The maximum Gasteiger partial charge on any atom is 0.127 e. The van der Waals surface area contributed by atoms with E-state index in [2.05, 4.69) is 5.32 Å². The summed E-state index contributed by atoms with van der Waals surface area (Å²) in [5.74, 6) is 1.56. The molecule has 0 saturated carbocycles. The van der Waals surface area contributed by atoms with Crippen molar-refractivity contribution in [3.05, 3.63) is 23.8 Å². The standard InChI is InChI=1S/C12H19NO3/c1-9(8-14)13-7-10-4-5-11(15-2)6-12(10)16-3/h4-6,9,13-14H,7-8H2,1-3H3. The number of rotatable bonds is 6. The van der Waals surface area contributed by atoms with E-state index in [1.54, 1.807) is 14.2 Å². The van der Waals surface area contributed by atoms with Crippen molar-refractivity contribution in [3.63, 3.8) is 0 Å². The molecule has 0 amide bonds. The van der Waals surface area contributed by atoms with Crippen LogP contribution in [0.15, 0.2) is 18.2 Å². The minimum Gasteiger partial charge on any atom is -0.497 e. The number of ether oxygens (including phenoxy) is 2. The highest BCUT2D eigenvalue weighted by atomic mass is 16.5. The molecule has 1 rings (SSSR count). The van der Waals surface area contributed by atoms with E-state index >= 15 is 0 Å². The van der Waals surface area contributed by atoms with Gasteiger partial charge in [0.25, 0.3) is 0 Å². The first-order chi connectivity index (χ1) is 7.71. The summed E-state index contributed by atoms with van der Waals surface area (Å²) in [5, 5.41) is 12.1. The summed E-state index contributed by atoms with van der Waals surface area (Å²) in [6.07, 6.45) is 0. The van der Waals surface area contributed by atoms with Crippen molar-refractivity contribution in [2.75, 3.05) is 20.8 Å². The maximum atomic E-state index is 8.91. The monoisotopic (exact) mass is 225 g/mol. The van der Waals surface area contributed by atoms with E-state index in [1.165, 1.54) is 0 Å². The van der Waals surface area contributed by atoms with Crippen LogP contribution in [0.4, 0.5) is 0 Å². The molecule has 0 heterocycles. The molecule has 4 heteroatoms. The lowest BCUT2D eigenvalue weighted by Crippen LogP contribution is -2.28. The highest BCUT2D eigenvalue weighted by Crippen LogP contribution is 2.24. The summed E-state index contributed by atoms with van der Waals surface area (Å²) < 4.78 is 10.4. The van der Waals surface area contributed by atoms with Crippen molar-refractivity contribution < 1.29 is 14.6 Å². The van der Waals surface area contributed by atoms with E-state index in [0.717, 1.165) is 17.1 Å². The maximum absolute atomic E-state index is 8.91. The number of methoxy groups -OCH3 is 2. The second-order valence-corrected chi connectivity index (χ2v) is 3.64. The van der Waals surface area contributed by atoms with Gasteiger partial charge < -0.3 is 19.9 Å². The molecule has 0 bridgehead atoms. The Morgan fingerprint density at radius 3 is 2.62 bits per heavy atom. The molecule has 0 fully saturated rings. The number of nitrogens with one attached hydrogen (secondary N) is 1. The predicted octanol–water partition coefficient (Wildman–Crippen LogP) is 1.17. The number of aliphatic hydroxyl groups excluding tert-OH is 1. The molecule has 0 aliphatic rings. The van der Waals surface area contributed by atoms with Gasteiger partial charge in [-0.15, -0.1) is 0 Å². The third-order valence-corrected chi connectivity index (χ3v) is 2.41. The van der Waals surface area contributed by atoms with Gasteiger partial charge in [-0.05, 0) is 13.0 Å². The second-order valence-electron chi connectivity index (χ2n) is 3.64. The molecule has 4 nitrogen and oxygen atoms in total. The Balaban J connectivity index is 2.71. The highest BCUT2D eigenvalue weighted by molar-refractivity contribution is 5.40. The van der Waals surface area contributed by atoms with Crippen molar-refractivity contribution in [1.82, 2.24) is 5.32 Å². The molecule has 2 N–H and O–H groups in total. The molecule has 1 atom stereocenters. The van der Waals surface area contributed by atoms with Crippen molar-refractivity contribution in [1.29, 1.82) is 0 Å². The average molecular weight is 225 g/mol. The van der Waals surface area contributed by atoms with Crippen LogP contribution in [-0.2, 0) is 6.54 Å². The average Bonchev–Trinajstić information content (AvgIpc) is 2.35. The van der Waals surface area contributed by atoms with Crippen LogP contribution in [0.1, 0.15) is 12.5 Å². The van der Waals surface area contributed by atoms with Gasteiger partial charge in [0.15, 0.2) is 0 Å². The number of hydrogen-bond donors (Lipinski definition) is 2. The Morgan fingerprint density at radius 2 is 2.06 bits per heavy atom. The molecule has 0 aliphatic heterocycles. The lowest BCUT2D eigenvalue weighted by atomic mass is 10.2. The van der Waals surface area contributed by atoms with E-state index < -0.39 is 0 Å². The van der Waals surface area contributed by atoms with Crippen molar-refractivity contribution in [2.24, 2.45) is 0 Å². The fraction of sp³-hybridized carbons (Fsp3) is 0.500. The molecule has 90 valence electrons. The Labute approximate surface area is 96.2 Å². The first kappa shape index (κ1) is 12.8. The third kappa shape index (κ3) is 3.40. The Hall–Kier alpha value is -1.26. The second kappa shape index (κ2) is 6.35. The number of hydrogen-bond acceptors (Lipinski definition) is 4. The summed E-state index contributed by atoms with van der Waals surface area (Å²) >= 11 is 0. The lowest BCUT2D eigenvalue weighted by Gasteiger charge is -2.14. The minimum atomic E-state index is 0.0757. The highest BCUT2D eigenvalue weighted by Gasteiger charge is 2.06. The fourth-order valence-corrected chi connectivity index (χ4v) is 1.35. The van der Waals surface area contributed by atoms with Crippen molar-refractivity contribution >= 4 is 0 Å². The molecule has 1 unspecified atom stereocenters. The molecule has 0 spiro atoms. The summed E-state index contributed by atoms with van der Waals surface area (Å²) in [6, 6.07) is 5.77. The van der Waals surface area contributed by atoms with Crippen LogP contribution >= 0.6 is 0 Å². The molecule has 0 radical (unpaired) electrons. The van der Waals surface area contributed by atoms with E-state index in [0.29, 0.717) is 6.54 Å². The van der Waals surface area contributed by atoms with Crippen LogP contribution in [0.25, 0.3) is 0 Å². The van der Waals surface area contributed by atoms with Gasteiger partial charge in [0, 0.05) is 24.2 Å². The van der Waals surface area contributed by atoms with Gasteiger partial charge in [0.1, 0.15) is 11.5 Å². The number of benzene rings is 1. The summed E-state index contributed by atoms with van der Waals surface area (Å²) in [4.78, 5) is 0. The zero-order valence-electron chi connectivity index (χ0n) is 9.99. The van der Waals surface area contributed by atoms with Gasteiger partial charge in [0.05, 0.1) is 20.8 Å². The largest absolute Gasteiger partial charge is 0.497 e. The van der Waals surface area contributed by atoms with Crippen molar-refractivity contribution in [3.8, 4) is 11.5 Å². The zero-order valence-corrected chi connectivity index (χ0v) is 9.99. The zero-order chi connectivity index (χ0) is 12.0. The Bertz CT molecular complexity index is 328. The van der Waals surface area contributed by atoms with Crippen LogP contribution in [0.5, 0.6) is 11.5 Å². The summed E-state index contributed by atoms with van der Waals surface area (Å²) in [5.41, 5.74) is 1.05. The van der Waals surface area contributed by atoms with Gasteiger partial charge in [-0.2, -0.15) is 0 Å². The summed E-state index contributed by atoms with van der Waals surface area (Å²) in [7, 11) is 3.26. The van der Waals surface area contributed by atoms with Crippen LogP contribution in [0.3, 0.4) is 0 Å². The van der Waals surface area contributed by atoms with Crippen LogP contribution in [0, 0.1) is 0 Å². The smallest absolute Gasteiger partial charge is 0.127 e. The summed E-state index contributed by atoms with van der Waals surface area (Å²) in [6.45, 7) is 2.71. The van der Waals surface area contributed by atoms with Gasteiger partial charge in [-0.3, -0.25) is 0 Å². The SMILES string of the molecule is COc1ccc(CNC(C)CO)c(OC)c1. The first-order valence-corrected chi connectivity index (χ1v) is 5.26. The van der Waals surface area contributed by atoms with E-state index in [9.17, 15) is 0 Å².